The summed E-state index contributed by atoms with van der Waals surface area (Å²) in [4.78, 5) is 23.6. The smallest absolute Gasteiger partial charge is 0.313 e. The fraction of sp³-hybridized carbons (Fsp3) is 0.810. The van der Waals surface area contributed by atoms with Gasteiger partial charge in [-0.05, 0) is 19.3 Å². The first-order valence-corrected chi connectivity index (χ1v) is 9.91. The molecule has 140 valence electrons. The van der Waals surface area contributed by atoms with Crippen LogP contribution in [0.5, 0.6) is 0 Å². The summed E-state index contributed by atoms with van der Waals surface area (Å²) >= 11 is 0. The predicted molar refractivity (Wildman–Crippen MR) is 101 cm³/mol. The number of ketones is 1. The van der Waals surface area contributed by atoms with Gasteiger partial charge in [0.05, 0.1) is 7.11 Å². The van der Waals surface area contributed by atoms with E-state index >= 15 is 0 Å². The maximum atomic E-state index is 12.3. The van der Waals surface area contributed by atoms with Gasteiger partial charge in [0.2, 0.25) is 0 Å². The zero-order valence-corrected chi connectivity index (χ0v) is 16.1. The van der Waals surface area contributed by atoms with Gasteiger partial charge in [0.15, 0.2) is 5.78 Å². The highest BCUT2D eigenvalue weighted by Crippen LogP contribution is 2.17. The zero-order chi connectivity index (χ0) is 18.0. The van der Waals surface area contributed by atoms with Crippen LogP contribution in [0.25, 0.3) is 0 Å². The summed E-state index contributed by atoms with van der Waals surface area (Å²) in [5, 5.41) is 0. The van der Waals surface area contributed by atoms with Crippen LogP contribution in [-0.4, -0.2) is 18.9 Å². The first kappa shape index (κ1) is 22.9. The minimum absolute atomic E-state index is 0.000200. The molecule has 0 fully saturated rings. The van der Waals surface area contributed by atoms with Crippen molar-refractivity contribution in [1.82, 2.24) is 0 Å². The van der Waals surface area contributed by atoms with E-state index in [1.165, 1.54) is 64.9 Å². The van der Waals surface area contributed by atoms with Crippen LogP contribution in [0, 0.1) is 5.92 Å². The van der Waals surface area contributed by atoms with Crippen LogP contribution in [0.2, 0.25) is 0 Å². The molecule has 0 aliphatic rings. The molecule has 24 heavy (non-hydrogen) atoms. The molecular weight excluding hydrogens is 300 g/mol. The SMILES string of the molecule is CCCCCCC=CC(CCCCCCCC)C(=O)CC(=O)OC. The Balaban J connectivity index is 4.24. The number of allylic oxidation sites excluding steroid dienone is 2. The Hall–Kier alpha value is -1.12. The quantitative estimate of drug-likeness (QED) is 0.150. The molecule has 0 aliphatic heterocycles. The van der Waals surface area contributed by atoms with E-state index in [1.807, 2.05) is 6.08 Å². The second kappa shape index (κ2) is 16.7. The van der Waals surface area contributed by atoms with Gasteiger partial charge in [0, 0.05) is 5.92 Å². The van der Waals surface area contributed by atoms with Crippen LogP contribution in [0.4, 0.5) is 0 Å². The van der Waals surface area contributed by atoms with Gasteiger partial charge < -0.3 is 4.74 Å². The van der Waals surface area contributed by atoms with Gasteiger partial charge in [0.1, 0.15) is 6.42 Å². The summed E-state index contributed by atoms with van der Waals surface area (Å²) < 4.78 is 4.63. The molecule has 0 N–H and O–H groups in total. The molecule has 3 nitrogen and oxygen atoms in total. The van der Waals surface area contributed by atoms with Crippen LogP contribution >= 0.6 is 0 Å². The highest BCUT2D eigenvalue weighted by atomic mass is 16.5. The number of unbranched alkanes of at least 4 members (excludes halogenated alkanes) is 9. The summed E-state index contributed by atoms with van der Waals surface area (Å²) in [6.07, 6.45) is 18.2. The highest BCUT2D eigenvalue weighted by Gasteiger charge is 2.18. The van der Waals surface area contributed by atoms with Crippen molar-refractivity contribution < 1.29 is 14.3 Å². The Kier molecular flexibility index (Phi) is 15.9. The van der Waals surface area contributed by atoms with E-state index < -0.39 is 5.97 Å². The number of carbonyl (C=O) groups is 2. The Labute approximate surface area is 149 Å². The van der Waals surface area contributed by atoms with Crippen molar-refractivity contribution in [1.29, 1.82) is 0 Å². The van der Waals surface area contributed by atoms with Crippen LogP contribution in [0.15, 0.2) is 12.2 Å². The van der Waals surface area contributed by atoms with E-state index in [0.717, 1.165) is 19.3 Å². The molecule has 0 saturated carbocycles. The third-order valence-corrected chi connectivity index (χ3v) is 4.42. The Morgan fingerprint density at radius 2 is 1.46 bits per heavy atom. The van der Waals surface area contributed by atoms with E-state index in [1.54, 1.807) is 0 Å². The Morgan fingerprint density at radius 1 is 0.875 bits per heavy atom. The lowest BCUT2D eigenvalue weighted by Crippen LogP contribution is -2.17. The normalized spacial score (nSPS) is 12.5. The lowest BCUT2D eigenvalue weighted by atomic mass is 9.93. The molecule has 0 heterocycles. The van der Waals surface area contributed by atoms with Gasteiger partial charge in [-0.2, -0.15) is 0 Å². The monoisotopic (exact) mass is 338 g/mol. The molecule has 0 aromatic rings. The van der Waals surface area contributed by atoms with Crippen LogP contribution in [-0.2, 0) is 14.3 Å². The summed E-state index contributed by atoms with van der Waals surface area (Å²) in [5.41, 5.74) is 0. The number of methoxy groups -OCH3 is 1. The van der Waals surface area contributed by atoms with Crippen LogP contribution < -0.4 is 0 Å². The third-order valence-electron chi connectivity index (χ3n) is 4.42. The van der Waals surface area contributed by atoms with Crippen LogP contribution in [0.3, 0.4) is 0 Å². The molecular formula is C21H38O3. The Morgan fingerprint density at radius 3 is 2.08 bits per heavy atom. The standard InChI is InChI=1S/C21H38O3/c1-4-6-8-10-12-14-16-19(20(22)18-21(23)24-3)17-15-13-11-9-7-5-2/h14,16,19H,4-13,15,17-18H2,1-3H3. The van der Waals surface area contributed by atoms with E-state index in [2.05, 4.69) is 24.7 Å². The first-order valence-electron chi connectivity index (χ1n) is 9.91. The number of esters is 1. The fourth-order valence-electron chi connectivity index (χ4n) is 2.80. The van der Waals surface area contributed by atoms with Crippen molar-refractivity contribution in [2.45, 2.75) is 97.3 Å². The maximum Gasteiger partial charge on any atom is 0.313 e. The number of hydrogen-bond acceptors (Lipinski definition) is 3. The number of Topliss-reactive ketones (excluding diaryl/α,β-unsaturated/α-hetero) is 1. The van der Waals surface area contributed by atoms with Gasteiger partial charge in [-0.15, -0.1) is 0 Å². The summed E-state index contributed by atoms with van der Waals surface area (Å²) in [6, 6.07) is 0. The third kappa shape index (κ3) is 13.3. The summed E-state index contributed by atoms with van der Waals surface area (Å²) in [7, 11) is 1.34. The summed E-state index contributed by atoms with van der Waals surface area (Å²) in [5.74, 6) is -0.550. The molecule has 0 saturated heterocycles. The number of hydrogen-bond donors (Lipinski definition) is 0. The van der Waals surface area contributed by atoms with Crippen molar-refractivity contribution in [3.63, 3.8) is 0 Å². The molecule has 1 atom stereocenters. The van der Waals surface area contributed by atoms with E-state index in [9.17, 15) is 9.59 Å². The van der Waals surface area contributed by atoms with Crippen molar-refractivity contribution in [3.05, 3.63) is 12.2 Å². The lowest BCUT2D eigenvalue weighted by molar-refractivity contribution is -0.143. The average molecular weight is 339 g/mol. The molecule has 3 heteroatoms. The maximum absolute atomic E-state index is 12.3. The van der Waals surface area contributed by atoms with E-state index in [0.29, 0.717) is 0 Å². The fourth-order valence-corrected chi connectivity index (χ4v) is 2.80. The van der Waals surface area contributed by atoms with Gasteiger partial charge in [0.25, 0.3) is 0 Å². The molecule has 0 radical (unpaired) electrons. The topological polar surface area (TPSA) is 43.4 Å². The molecule has 0 spiro atoms. The lowest BCUT2D eigenvalue weighted by Gasteiger charge is -2.11. The molecule has 0 aromatic heterocycles. The van der Waals surface area contributed by atoms with Crippen molar-refractivity contribution >= 4 is 11.8 Å². The summed E-state index contributed by atoms with van der Waals surface area (Å²) in [6.45, 7) is 4.42. The highest BCUT2D eigenvalue weighted by molar-refractivity contribution is 5.97. The molecule has 0 aliphatic carbocycles. The second-order valence-electron chi connectivity index (χ2n) is 6.66. The molecule has 0 bridgehead atoms. The van der Waals surface area contributed by atoms with Gasteiger partial charge in [-0.1, -0.05) is 83.8 Å². The zero-order valence-electron chi connectivity index (χ0n) is 16.1. The van der Waals surface area contributed by atoms with Gasteiger partial charge >= 0.3 is 5.97 Å². The van der Waals surface area contributed by atoms with Gasteiger partial charge in [-0.3, -0.25) is 9.59 Å². The minimum atomic E-state index is -0.427. The first-order chi connectivity index (χ1) is 11.7. The number of rotatable bonds is 16. The largest absolute Gasteiger partial charge is 0.469 e. The van der Waals surface area contributed by atoms with Crippen molar-refractivity contribution in [3.8, 4) is 0 Å². The number of carbonyl (C=O) groups excluding carboxylic acids is 2. The van der Waals surface area contributed by atoms with Gasteiger partial charge in [-0.25, -0.2) is 0 Å². The average Bonchev–Trinajstić information content (AvgIpc) is 2.58. The van der Waals surface area contributed by atoms with E-state index in [-0.39, 0.29) is 18.1 Å². The van der Waals surface area contributed by atoms with E-state index in [4.69, 9.17) is 0 Å². The van der Waals surface area contributed by atoms with Crippen LogP contribution in [0.1, 0.15) is 97.3 Å². The molecule has 1 unspecified atom stereocenters. The Bertz CT molecular complexity index is 347. The van der Waals surface area contributed by atoms with Crippen molar-refractivity contribution in [2.75, 3.05) is 7.11 Å². The molecule has 0 aromatic carbocycles. The predicted octanol–water partition coefficient (Wildman–Crippen LogP) is 6.01. The minimum Gasteiger partial charge on any atom is -0.469 e. The number of ether oxygens (including phenoxy) is 1. The second-order valence-corrected chi connectivity index (χ2v) is 6.66. The molecule has 0 amide bonds. The van der Waals surface area contributed by atoms with Crippen molar-refractivity contribution in [2.24, 2.45) is 5.92 Å². The molecule has 0 rings (SSSR count).